The van der Waals surface area contributed by atoms with Crippen LogP contribution in [0.25, 0.3) is 0 Å². The third-order valence-corrected chi connectivity index (χ3v) is 5.74. The van der Waals surface area contributed by atoms with Gasteiger partial charge in [-0.2, -0.15) is 13.2 Å². The minimum absolute atomic E-state index is 0.0178. The van der Waals surface area contributed by atoms with Crippen molar-refractivity contribution in [3.05, 3.63) is 64.7 Å². The number of amides is 1. The minimum atomic E-state index is -4.48. The molecule has 0 saturated heterocycles. The van der Waals surface area contributed by atoms with Crippen molar-refractivity contribution in [3.63, 3.8) is 0 Å². The van der Waals surface area contributed by atoms with E-state index in [0.717, 1.165) is 18.4 Å². The Morgan fingerprint density at radius 1 is 1.14 bits per heavy atom. The smallest absolute Gasteiger partial charge is 0.332 e. The Bertz CT molecular complexity index is 984. The van der Waals surface area contributed by atoms with Crippen LogP contribution < -0.4 is 0 Å². The van der Waals surface area contributed by atoms with Gasteiger partial charge in [-0.1, -0.05) is 18.2 Å². The predicted octanol–water partition coefficient (Wildman–Crippen LogP) is 4.64. The van der Waals surface area contributed by atoms with Crippen LogP contribution in [-0.2, 0) is 16.0 Å². The lowest BCUT2D eigenvalue weighted by Crippen LogP contribution is -2.34. The van der Waals surface area contributed by atoms with E-state index in [1.807, 2.05) is 0 Å². The quantitative estimate of drug-likeness (QED) is 0.718. The lowest BCUT2D eigenvalue weighted by molar-refractivity contribution is -0.137. The van der Waals surface area contributed by atoms with Crippen LogP contribution in [0, 0.1) is 6.92 Å². The van der Waals surface area contributed by atoms with Gasteiger partial charge in [-0.15, -0.1) is 0 Å². The fourth-order valence-electron chi connectivity index (χ4n) is 2.97. The largest absolute Gasteiger partial charge is 0.416 e. The second-order valence-corrected chi connectivity index (χ2v) is 8.65. The zero-order valence-corrected chi connectivity index (χ0v) is 16.9. The molecule has 0 aromatic heterocycles. The van der Waals surface area contributed by atoms with Gasteiger partial charge < -0.3 is 4.90 Å². The Hall–Kier alpha value is -2.35. The molecule has 0 aliphatic heterocycles. The summed E-state index contributed by atoms with van der Waals surface area (Å²) in [5, 5.41) is 0. The molecule has 1 unspecified atom stereocenters. The average Bonchev–Trinajstić information content (AvgIpc) is 2.60. The molecule has 152 valence electrons. The highest BCUT2D eigenvalue weighted by molar-refractivity contribution is 7.90. The highest BCUT2D eigenvalue weighted by Gasteiger charge is 2.31. The SMILES string of the molecule is CCN(C(=O)c1cc(S(C)(=O)=O)ccc1C)C(C)c1cccc(C(F)(F)F)c1. The number of carbonyl (C=O) groups excluding carboxylic acids is 1. The van der Waals surface area contributed by atoms with E-state index in [-0.39, 0.29) is 17.0 Å². The zero-order valence-electron chi connectivity index (χ0n) is 16.0. The first-order chi connectivity index (χ1) is 12.9. The Labute approximate surface area is 162 Å². The number of nitrogens with zero attached hydrogens (tertiary/aromatic N) is 1. The molecule has 0 spiro atoms. The van der Waals surface area contributed by atoms with Gasteiger partial charge in [0.1, 0.15) is 0 Å². The van der Waals surface area contributed by atoms with Gasteiger partial charge in [0, 0.05) is 18.4 Å². The maximum atomic E-state index is 13.1. The number of sulfone groups is 1. The molecule has 1 atom stereocenters. The summed E-state index contributed by atoms with van der Waals surface area (Å²) in [6.07, 6.45) is -3.42. The number of aryl methyl sites for hydroxylation is 1. The molecule has 2 rings (SSSR count). The highest BCUT2D eigenvalue weighted by Crippen LogP contribution is 2.32. The molecular weight excluding hydrogens is 391 g/mol. The lowest BCUT2D eigenvalue weighted by Gasteiger charge is -2.29. The van der Waals surface area contributed by atoms with Crippen LogP contribution in [0.1, 0.15) is 46.9 Å². The van der Waals surface area contributed by atoms with Crippen LogP contribution in [0.15, 0.2) is 47.4 Å². The Morgan fingerprint density at radius 3 is 2.32 bits per heavy atom. The molecule has 0 saturated carbocycles. The molecule has 8 heteroatoms. The van der Waals surface area contributed by atoms with Crippen LogP contribution in [0.2, 0.25) is 0 Å². The number of alkyl halides is 3. The van der Waals surface area contributed by atoms with E-state index >= 15 is 0 Å². The van der Waals surface area contributed by atoms with E-state index in [1.54, 1.807) is 26.8 Å². The number of carbonyl (C=O) groups is 1. The Kier molecular flexibility index (Phi) is 6.23. The standard InChI is InChI=1S/C20H22F3NO3S/c1-5-24(14(3)15-7-6-8-16(11-15)20(21,22)23)19(25)18-12-17(28(4,26)27)10-9-13(18)2/h6-12,14H,5H2,1-4H3. The second kappa shape index (κ2) is 7.95. The Morgan fingerprint density at radius 2 is 1.79 bits per heavy atom. The van der Waals surface area contributed by atoms with E-state index < -0.39 is 33.5 Å². The summed E-state index contributed by atoms with van der Waals surface area (Å²) in [6, 6.07) is 8.52. The number of rotatable bonds is 5. The summed E-state index contributed by atoms with van der Waals surface area (Å²) in [4.78, 5) is 14.5. The second-order valence-electron chi connectivity index (χ2n) is 6.64. The third kappa shape index (κ3) is 4.73. The highest BCUT2D eigenvalue weighted by atomic mass is 32.2. The first kappa shape index (κ1) is 21.9. The molecule has 0 bridgehead atoms. The molecule has 0 radical (unpaired) electrons. The third-order valence-electron chi connectivity index (χ3n) is 4.63. The van der Waals surface area contributed by atoms with Crippen molar-refractivity contribution in [2.45, 2.75) is 37.9 Å². The molecule has 0 N–H and O–H groups in total. The number of benzene rings is 2. The van der Waals surface area contributed by atoms with E-state index in [0.29, 0.717) is 11.1 Å². The molecule has 4 nitrogen and oxygen atoms in total. The van der Waals surface area contributed by atoms with E-state index in [1.165, 1.54) is 29.2 Å². The van der Waals surface area contributed by atoms with Gasteiger partial charge in [-0.25, -0.2) is 8.42 Å². The molecule has 0 heterocycles. The molecule has 1 amide bonds. The molecule has 2 aromatic rings. The normalized spacial score (nSPS) is 13.2. The van der Waals surface area contributed by atoms with Crippen molar-refractivity contribution in [2.75, 3.05) is 12.8 Å². The summed E-state index contributed by atoms with van der Waals surface area (Å²) in [6.45, 7) is 5.30. The number of halogens is 3. The predicted molar refractivity (Wildman–Crippen MR) is 101 cm³/mol. The molecule has 0 aliphatic carbocycles. The van der Waals surface area contributed by atoms with Crippen LogP contribution in [-0.4, -0.2) is 32.0 Å². The van der Waals surface area contributed by atoms with Gasteiger partial charge in [-0.05, 0) is 56.2 Å². The van der Waals surface area contributed by atoms with Gasteiger partial charge in [0.2, 0.25) is 0 Å². The van der Waals surface area contributed by atoms with Gasteiger partial charge in [0.25, 0.3) is 5.91 Å². The molecular formula is C20H22F3NO3S. The molecule has 28 heavy (non-hydrogen) atoms. The summed E-state index contributed by atoms with van der Waals surface area (Å²) >= 11 is 0. The summed E-state index contributed by atoms with van der Waals surface area (Å²) in [7, 11) is -3.50. The van der Waals surface area contributed by atoms with Crippen LogP contribution in [0.3, 0.4) is 0 Å². The number of hydrogen-bond acceptors (Lipinski definition) is 3. The minimum Gasteiger partial charge on any atom is -0.332 e. The van der Waals surface area contributed by atoms with Crippen molar-refractivity contribution in [1.82, 2.24) is 4.90 Å². The van der Waals surface area contributed by atoms with Crippen LogP contribution in [0.5, 0.6) is 0 Å². The maximum absolute atomic E-state index is 13.1. The van der Waals surface area contributed by atoms with Gasteiger partial charge in [0.15, 0.2) is 9.84 Å². The van der Waals surface area contributed by atoms with Crippen LogP contribution in [0.4, 0.5) is 13.2 Å². The topological polar surface area (TPSA) is 54.5 Å². The van der Waals surface area contributed by atoms with Crippen molar-refractivity contribution in [3.8, 4) is 0 Å². The van der Waals surface area contributed by atoms with Gasteiger partial charge >= 0.3 is 6.18 Å². The molecule has 2 aromatic carbocycles. The lowest BCUT2D eigenvalue weighted by atomic mass is 10.0. The van der Waals surface area contributed by atoms with E-state index in [9.17, 15) is 26.4 Å². The van der Waals surface area contributed by atoms with Crippen molar-refractivity contribution >= 4 is 15.7 Å². The fourth-order valence-corrected chi connectivity index (χ4v) is 3.61. The fraction of sp³-hybridized carbons (Fsp3) is 0.350. The average molecular weight is 413 g/mol. The van der Waals surface area contributed by atoms with E-state index in [4.69, 9.17) is 0 Å². The van der Waals surface area contributed by atoms with E-state index in [2.05, 4.69) is 0 Å². The van der Waals surface area contributed by atoms with Crippen molar-refractivity contribution in [1.29, 1.82) is 0 Å². The monoisotopic (exact) mass is 413 g/mol. The first-order valence-corrected chi connectivity index (χ1v) is 10.5. The summed E-state index contributed by atoms with van der Waals surface area (Å²) in [5.74, 6) is -0.435. The molecule has 0 fully saturated rings. The maximum Gasteiger partial charge on any atom is 0.416 e. The van der Waals surface area contributed by atoms with Gasteiger partial charge in [-0.3, -0.25) is 4.79 Å². The molecule has 0 aliphatic rings. The number of hydrogen-bond donors (Lipinski definition) is 0. The summed E-state index contributed by atoms with van der Waals surface area (Å²) < 4.78 is 62.7. The van der Waals surface area contributed by atoms with Crippen molar-refractivity contribution in [2.24, 2.45) is 0 Å². The first-order valence-electron chi connectivity index (χ1n) is 8.65. The van der Waals surface area contributed by atoms with Crippen molar-refractivity contribution < 1.29 is 26.4 Å². The summed E-state index contributed by atoms with van der Waals surface area (Å²) in [5.41, 5.74) is 0.369. The van der Waals surface area contributed by atoms with Gasteiger partial charge in [0.05, 0.1) is 16.5 Å². The van der Waals surface area contributed by atoms with Crippen LogP contribution >= 0.6 is 0 Å². The Balaban J connectivity index is 2.44. The zero-order chi connectivity index (χ0) is 21.3.